The van der Waals surface area contributed by atoms with E-state index < -0.39 is 0 Å². The van der Waals surface area contributed by atoms with Crippen molar-refractivity contribution in [2.24, 2.45) is 0 Å². The maximum atomic E-state index is 12.8. The van der Waals surface area contributed by atoms with Crippen molar-refractivity contribution in [3.05, 3.63) is 58.9 Å². The third-order valence-corrected chi connectivity index (χ3v) is 5.31. The minimum Gasteiger partial charge on any atom is -0.460 e. The van der Waals surface area contributed by atoms with E-state index in [1.807, 2.05) is 36.1 Å². The number of furan rings is 1. The highest BCUT2D eigenvalue weighted by atomic mass is 35.5. The second-order valence-corrected chi connectivity index (χ2v) is 7.58. The number of nitrogens with zero attached hydrogens (tertiary/aromatic N) is 3. The van der Waals surface area contributed by atoms with Crippen LogP contribution >= 0.6 is 11.6 Å². The number of carbonyl (C=O) groups excluding carboxylic acids is 2. The first-order chi connectivity index (χ1) is 14.5. The summed E-state index contributed by atoms with van der Waals surface area (Å²) in [5.74, 6) is 1.17. The van der Waals surface area contributed by atoms with E-state index in [0.29, 0.717) is 54.0 Å². The van der Waals surface area contributed by atoms with E-state index in [1.54, 1.807) is 23.1 Å². The van der Waals surface area contributed by atoms with Crippen LogP contribution in [0.25, 0.3) is 11.5 Å². The molecule has 156 valence electrons. The molecule has 0 atom stereocenters. The third kappa shape index (κ3) is 4.55. The third-order valence-electron chi connectivity index (χ3n) is 4.98. The van der Waals surface area contributed by atoms with Crippen molar-refractivity contribution in [3.8, 4) is 11.5 Å². The molecule has 3 heterocycles. The largest absolute Gasteiger partial charge is 0.460 e. The number of H-pyrrole nitrogens is 1. The average Bonchev–Trinajstić information content (AvgIpc) is 3.39. The van der Waals surface area contributed by atoms with Crippen molar-refractivity contribution >= 4 is 29.1 Å². The minimum atomic E-state index is -0.138. The van der Waals surface area contributed by atoms with Crippen LogP contribution in [0.2, 0.25) is 5.02 Å². The van der Waals surface area contributed by atoms with Crippen molar-refractivity contribution in [1.82, 2.24) is 20.0 Å². The summed E-state index contributed by atoms with van der Waals surface area (Å²) in [5.41, 5.74) is 1.62. The van der Waals surface area contributed by atoms with Crippen LogP contribution in [0.3, 0.4) is 0 Å². The van der Waals surface area contributed by atoms with Crippen LogP contribution < -0.4 is 5.32 Å². The summed E-state index contributed by atoms with van der Waals surface area (Å²) in [6.07, 6.45) is 0. The number of carbonyl (C=O) groups is 2. The summed E-state index contributed by atoms with van der Waals surface area (Å²) in [6.45, 7) is 4.38. The fourth-order valence-electron chi connectivity index (χ4n) is 3.36. The van der Waals surface area contributed by atoms with Gasteiger partial charge in [0.25, 0.3) is 5.91 Å². The molecule has 2 aromatic heterocycles. The zero-order valence-electron chi connectivity index (χ0n) is 16.5. The molecule has 0 bridgehead atoms. The van der Waals surface area contributed by atoms with Gasteiger partial charge in [-0.2, -0.15) is 5.10 Å². The Bertz CT molecular complexity index is 1050. The van der Waals surface area contributed by atoms with Crippen LogP contribution in [0.4, 0.5) is 5.69 Å². The van der Waals surface area contributed by atoms with Gasteiger partial charge in [-0.1, -0.05) is 23.7 Å². The molecular weight excluding hydrogens is 406 g/mol. The van der Waals surface area contributed by atoms with Gasteiger partial charge >= 0.3 is 0 Å². The number of hydrogen-bond acceptors (Lipinski definition) is 5. The van der Waals surface area contributed by atoms with Crippen LogP contribution in [-0.4, -0.2) is 64.5 Å². The van der Waals surface area contributed by atoms with Crippen LogP contribution in [-0.2, 0) is 4.79 Å². The van der Waals surface area contributed by atoms with Crippen molar-refractivity contribution in [2.45, 2.75) is 6.92 Å². The van der Waals surface area contributed by atoms with Gasteiger partial charge in [0.2, 0.25) is 5.91 Å². The number of hydrogen-bond donors (Lipinski definition) is 2. The number of piperazine rings is 1. The predicted octanol–water partition coefficient (Wildman–Crippen LogP) is 3.03. The topological polar surface area (TPSA) is 94.5 Å². The Hall–Kier alpha value is -3.10. The zero-order chi connectivity index (χ0) is 21.1. The summed E-state index contributed by atoms with van der Waals surface area (Å²) in [5, 5.41) is 10.3. The molecule has 4 rings (SSSR count). The lowest BCUT2D eigenvalue weighted by Gasteiger charge is -2.33. The van der Waals surface area contributed by atoms with E-state index in [9.17, 15) is 9.59 Å². The first-order valence-corrected chi connectivity index (χ1v) is 10.1. The van der Waals surface area contributed by atoms with Gasteiger partial charge in [0.05, 0.1) is 17.3 Å². The van der Waals surface area contributed by atoms with Gasteiger partial charge in [-0.05, 0) is 31.2 Å². The van der Waals surface area contributed by atoms with Gasteiger partial charge < -0.3 is 14.6 Å². The van der Waals surface area contributed by atoms with E-state index in [2.05, 4.69) is 15.5 Å². The molecule has 0 saturated carbocycles. The van der Waals surface area contributed by atoms with Gasteiger partial charge in [-0.15, -0.1) is 0 Å². The fraction of sp³-hybridized carbons (Fsp3) is 0.286. The van der Waals surface area contributed by atoms with Gasteiger partial charge in [0.1, 0.15) is 11.5 Å². The van der Waals surface area contributed by atoms with E-state index >= 15 is 0 Å². The number of anilines is 1. The molecular formula is C21H22ClN5O3. The molecule has 1 saturated heterocycles. The average molecular weight is 428 g/mol. The SMILES string of the molecule is Cc1ccc(-c2cc(C(=O)N3CCN(CC(=O)Nc4ccccc4Cl)CC3)n[nH]2)o1. The number of amides is 2. The Morgan fingerprint density at radius 2 is 1.93 bits per heavy atom. The molecule has 8 nitrogen and oxygen atoms in total. The maximum absolute atomic E-state index is 12.8. The quantitative estimate of drug-likeness (QED) is 0.652. The predicted molar refractivity (Wildman–Crippen MR) is 113 cm³/mol. The standard InChI is InChI=1S/C21H22ClN5O3/c1-14-6-7-19(30-14)17-12-18(25-24-17)21(29)27-10-8-26(9-11-27)13-20(28)23-16-5-3-2-4-15(16)22/h2-7,12H,8-11,13H2,1H3,(H,23,28)(H,24,25). The summed E-state index contributed by atoms with van der Waals surface area (Å²) in [6, 6.07) is 12.5. The lowest BCUT2D eigenvalue weighted by atomic mass is 10.2. The number of aryl methyl sites for hydroxylation is 1. The number of para-hydroxylation sites is 1. The highest BCUT2D eigenvalue weighted by Gasteiger charge is 2.25. The Kier molecular flexibility index (Phi) is 5.87. The van der Waals surface area contributed by atoms with Gasteiger partial charge in [0, 0.05) is 32.2 Å². The number of rotatable bonds is 5. The molecule has 0 radical (unpaired) electrons. The molecule has 2 amide bonds. The molecule has 30 heavy (non-hydrogen) atoms. The summed E-state index contributed by atoms with van der Waals surface area (Å²) >= 11 is 6.08. The normalized spacial score (nSPS) is 14.7. The summed E-state index contributed by atoms with van der Waals surface area (Å²) in [7, 11) is 0. The van der Waals surface area contributed by atoms with Crippen molar-refractivity contribution in [3.63, 3.8) is 0 Å². The monoisotopic (exact) mass is 427 g/mol. The smallest absolute Gasteiger partial charge is 0.274 e. The molecule has 1 aliphatic rings. The summed E-state index contributed by atoms with van der Waals surface area (Å²) in [4.78, 5) is 28.8. The minimum absolute atomic E-state index is 0.131. The molecule has 0 spiro atoms. The maximum Gasteiger partial charge on any atom is 0.274 e. The second kappa shape index (κ2) is 8.73. The van der Waals surface area contributed by atoms with E-state index in [-0.39, 0.29) is 18.4 Å². The fourth-order valence-corrected chi connectivity index (χ4v) is 3.55. The van der Waals surface area contributed by atoms with E-state index in [4.69, 9.17) is 16.0 Å². The Labute approximate surface area is 178 Å². The molecule has 9 heteroatoms. The second-order valence-electron chi connectivity index (χ2n) is 7.17. The lowest BCUT2D eigenvalue weighted by Crippen LogP contribution is -2.50. The number of benzene rings is 1. The Morgan fingerprint density at radius 1 is 1.17 bits per heavy atom. The highest BCUT2D eigenvalue weighted by Crippen LogP contribution is 2.22. The first kappa shape index (κ1) is 20.2. The van der Waals surface area contributed by atoms with E-state index in [1.165, 1.54) is 0 Å². The Balaban J connectivity index is 1.29. The number of halogens is 1. The van der Waals surface area contributed by atoms with Crippen LogP contribution in [0.5, 0.6) is 0 Å². The van der Waals surface area contributed by atoms with Crippen LogP contribution in [0, 0.1) is 6.92 Å². The molecule has 1 aromatic carbocycles. The molecule has 2 N–H and O–H groups in total. The molecule has 0 unspecified atom stereocenters. The first-order valence-electron chi connectivity index (χ1n) is 9.68. The van der Waals surface area contributed by atoms with Gasteiger partial charge in [-0.25, -0.2) is 0 Å². The van der Waals surface area contributed by atoms with Gasteiger partial charge in [-0.3, -0.25) is 19.6 Å². The molecule has 0 aliphatic carbocycles. The highest BCUT2D eigenvalue weighted by molar-refractivity contribution is 6.33. The number of aromatic amines is 1. The Morgan fingerprint density at radius 3 is 2.63 bits per heavy atom. The molecule has 1 fully saturated rings. The van der Waals surface area contributed by atoms with E-state index in [0.717, 1.165) is 5.76 Å². The van der Waals surface area contributed by atoms with Crippen LogP contribution in [0.1, 0.15) is 16.2 Å². The zero-order valence-corrected chi connectivity index (χ0v) is 17.3. The van der Waals surface area contributed by atoms with Crippen molar-refractivity contribution < 1.29 is 14.0 Å². The van der Waals surface area contributed by atoms with Crippen LogP contribution in [0.15, 0.2) is 46.9 Å². The lowest BCUT2D eigenvalue weighted by molar-refractivity contribution is -0.117. The van der Waals surface area contributed by atoms with Crippen molar-refractivity contribution in [2.75, 3.05) is 38.0 Å². The van der Waals surface area contributed by atoms with Gasteiger partial charge in [0.15, 0.2) is 11.5 Å². The van der Waals surface area contributed by atoms with Crippen molar-refractivity contribution in [1.29, 1.82) is 0 Å². The number of nitrogens with one attached hydrogen (secondary N) is 2. The molecule has 1 aliphatic heterocycles. The summed E-state index contributed by atoms with van der Waals surface area (Å²) < 4.78 is 5.56. The number of aromatic nitrogens is 2. The molecule has 3 aromatic rings.